The van der Waals surface area contributed by atoms with Crippen LogP contribution in [0.1, 0.15) is 45.6 Å². The molecule has 0 spiro atoms. The molecule has 0 saturated carbocycles. The maximum atomic E-state index is 14.9. The molecule has 0 bridgehead atoms. The Balaban J connectivity index is 1.17. The Bertz CT molecular complexity index is 1610. The number of ether oxygens (including phenoxy) is 1. The lowest BCUT2D eigenvalue weighted by atomic mass is 9.99. The lowest BCUT2D eigenvalue weighted by molar-refractivity contribution is -0.117. The van der Waals surface area contributed by atoms with Gasteiger partial charge in [0, 0.05) is 50.9 Å². The van der Waals surface area contributed by atoms with Crippen LogP contribution in [0.4, 0.5) is 8.78 Å². The number of hydrogen-bond acceptors (Lipinski definition) is 7. The molecule has 7 nitrogen and oxygen atoms in total. The largest absolute Gasteiger partial charge is 0.456 e. The maximum absolute atomic E-state index is 14.9. The maximum Gasteiger partial charge on any atom is 0.261 e. The van der Waals surface area contributed by atoms with Gasteiger partial charge in [0.15, 0.2) is 0 Å². The molecular formula is C33H35F2N3O4S. The van der Waals surface area contributed by atoms with Gasteiger partial charge in [-0.05, 0) is 74.5 Å². The molecule has 1 fully saturated rings. The van der Waals surface area contributed by atoms with Crippen molar-refractivity contribution in [2.45, 2.75) is 39.0 Å². The first kappa shape index (κ1) is 30.7. The number of carbonyl (C=O) groups is 2. The van der Waals surface area contributed by atoms with Crippen molar-refractivity contribution in [3.63, 3.8) is 0 Å². The molecule has 1 amide bonds. The zero-order chi connectivity index (χ0) is 30.3. The Labute approximate surface area is 253 Å². The fourth-order valence-corrected chi connectivity index (χ4v) is 6.37. The lowest BCUT2D eigenvalue weighted by Crippen LogP contribution is -2.38. The minimum Gasteiger partial charge on any atom is -0.456 e. The van der Waals surface area contributed by atoms with Gasteiger partial charge in [-0.2, -0.15) is 0 Å². The van der Waals surface area contributed by atoms with E-state index in [0.717, 1.165) is 44.5 Å². The Morgan fingerprint density at radius 3 is 2.74 bits per heavy atom. The summed E-state index contributed by atoms with van der Waals surface area (Å²) >= 11 is 1.25. The minimum absolute atomic E-state index is 0.113. The number of amides is 1. The quantitative estimate of drug-likeness (QED) is 0.196. The highest BCUT2D eigenvalue weighted by Crippen LogP contribution is 2.35. The molecule has 4 aromatic rings. The Hall–Kier alpha value is -3.73. The van der Waals surface area contributed by atoms with E-state index in [2.05, 4.69) is 15.2 Å². The van der Waals surface area contributed by atoms with Crippen molar-refractivity contribution in [3.05, 3.63) is 87.9 Å². The molecule has 1 atom stereocenters. The first-order valence-corrected chi connectivity index (χ1v) is 15.3. The summed E-state index contributed by atoms with van der Waals surface area (Å²) in [5.41, 5.74) is 1.95. The van der Waals surface area contributed by atoms with Crippen molar-refractivity contribution in [1.29, 1.82) is 0 Å². The highest BCUT2D eigenvalue weighted by molar-refractivity contribution is 7.21. The molecule has 3 heterocycles. The number of rotatable bonds is 12. The molecule has 5 rings (SSSR count). The van der Waals surface area contributed by atoms with Gasteiger partial charge in [0.25, 0.3) is 5.91 Å². The van der Waals surface area contributed by atoms with E-state index in [1.54, 1.807) is 36.5 Å². The van der Waals surface area contributed by atoms with E-state index >= 15 is 0 Å². The third-order valence-corrected chi connectivity index (χ3v) is 8.76. The zero-order valence-electron chi connectivity index (χ0n) is 24.1. The number of aryl methyl sites for hydroxylation is 1. The van der Waals surface area contributed by atoms with Crippen molar-refractivity contribution >= 4 is 33.2 Å². The highest BCUT2D eigenvalue weighted by Gasteiger charge is 2.19. The van der Waals surface area contributed by atoms with Gasteiger partial charge in [0.05, 0.1) is 15.1 Å². The van der Waals surface area contributed by atoms with Crippen LogP contribution in [0.2, 0.25) is 0 Å². The number of ketones is 1. The van der Waals surface area contributed by atoms with Gasteiger partial charge in [-0.25, -0.2) is 8.78 Å². The molecule has 1 unspecified atom stereocenters. The number of pyridine rings is 1. The first-order valence-electron chi connectivity index (χ1n) is 14.5. The van der Waals surface area contributed by atoms with Gasteiger partial charge in [-0.3, -0.25) is 14.6 Å². The number of fused-ring (bicyclic) bond motifs is 1. The molecule has 10 heteroatoms. The fraction of sp³-hybridized carbons (Fsp3) is 0.364. The molecule has 1 saturated heterocycles. The topological polar surface area (TPSA) is 91.8 Å². The summed E-state index contributed by atoms with van der Waals surface area (Å²) in [5, 5.41) is 12.4. The van der Waals surface area contributed by atoms with Crippen LogP contribution in [0.25, 0.3) is 10.2 Å². The third kappa shape index (κ3) is 8.01. The number of aromatic nitrogens is 1. The monoisotopic (exact) mass is 607 g/mol. The number of carbonyl (C=O) groups excluding carboxylic acids is 2. The summed E-state index contributed by atoms with van der Waals surface area (Å²) in [5.74, 6) is -0.506. The van der Waals surface area contributed by atoms with Gasteiger partial charge >= 0.3 is 0 Å². The molecule has 2 aromatic carbocycles. The van der Waals surface area contributed by atoms with Crippen molar-refractivity contribution in [2.24, 2.45) is 5.92 Å². The number of Topliss-reactive ketones (excluding diaryl/α,β-unsaturated/α-hetero) is 1. The number of benzene rings is 2. The molecule has 0 radical (unpaired) electrons. The normalized spacial score (nSPS) is 15.5. The van der Waals surface area contributed by atoms with Crippen LogP contribution in [0.5, 0.6) is 11.5 Å². The predicted octanol–water partition coefficient (Wildman–Crippen LogP) is 5.85. The molecule has 2 aromatic heterocycles. The van der Waals surface area contributed by atoms with E-state index in [1.807, 2.05) is 6.92 Å². The minimum atomic E-state index is -0.594. The number of nitrogens with one attached hydrogen (secondary N) is 1. The van der Waals surface area contributed by atoms with E-state index in [1.165, 1.54) is 29.5 Å². The number of piperidine rings is 1. The number of likely N-dealkylation sites (tertiary alicyclic amines) is 1. The molecule has 1 aliphatic heterocycles. The van der Waals surface area contributed by atoms with E-state index < -0.39 is 11.6 Å². The smallest absolute Gasteiger partial charge is 0.261 e. The summed E-state index contributed by atoms with van der Waals surface area (Å²) in [4.78, 5) is 32.6. The number of hydrogen-bond donors (Lipinski definition) is 2. The summed E-state index contributed by atoms with van der Waals surface area (Å²) in [6.45, 7) is 5.37. The Morgan fingerprint density at radius 1 is 1.09 bits per heavy atom. The van der Waals surface area contributed by atoms with Gasteiger partial charge in [0.2, 0.25) is 0 Å². The van der Waals surface area contributed by atoms with Crippen molar-refractivity contribution < 1.29 is 28.2 Å². The molecule has 226 valence electrons. The van der Waals surface area contributed by atoms with Crippen LogP contribution in [0.3, 0.4) is 0 Å². The predicted molar refractivity (Wildman–Crippen MR) is 163 cm³/mol. The van der Waals surface area contributed by atoms with E-state index in [9.17, 15) is 23.5 Å². The average Bonchev–Trinajstić information content (AvgIpc) is 3.44. The number of thiophene rings is 1. The Kier molecular flexibility index (Phi) is 10.1. The summed E-state index contributed by atoms with van der Waals surface area (Å²) in [6.07, 6.45) is 4.26. The lowest BCUT2D eigenvalue weighted by Gasteiger charge is -2.31. The molecule has 1 aliphatic rings. The van der Waals surface area contributed by atoms with Gasteiger partial charge < -0.3 is 20.1 Å². The number of nitrogens with zero attached hydrogens (tertiary/aromatic N) is 2. The molecule has 2 N–H and O–H groups in total. The fourth-order valence-electron chi connectivity index (χ4n) is 5.39. The van der Waals surface area contributed by atoms with Gasteiger partial charge in [-0.15, -0.1) is 11.3 Å². The van der Waals surface area contributed by atoms with E-state index in [4.69, 9.17) is 4.74 Å². The van der Waals surface area contributed by atoms with Gasteiger partial charge in [-0.1, -0.05) is 23.8 Å². The van der Waals surface area contributed by atoms with Crippen LogP contribution in [0, 0.1) is 24.5 Å². The standard InChI is InChI=1S/C33H35F2N3O4S/c1-21-5-8-27(34)24(14-21)16-25(40)15-23-6-7-26(17-28(23)35)42-30-9-11-36-29-18-31(43-32(29)30)33(41)37-10-3-13-38-12-2-4-22(19-38)20-39/h5-9,11,14,17-18,22,39H,2-4,10,12-13,15-16,19-20H2,1H3,(H,37,41). The summed E-state index contributed by atoms with van der Waals surface area (Å²) < 4.78 is 35.6. The number of aliphatic hydroxyl groups excluding tert-OH is 1. The number of halogens is 2. The number of aliphatic hydroxyl groups is 1. The molecular weight excluding hydrogens is 572 g/mol. The van der Waals surface area contributed by atoms with Crippen LogP contribution in [-0.4, -0.2) is 59.5 Å². The highest BCUT2D eigenvalue weighted by atomic mass is 32.1. The van der Waals surface area contributed by atoms with E-state index in [0.29, 0.717) is 38.9 Å². The molecule has 43 heavy (non-hydrogen) atoms. The summed E-state index contributed by atoms with van der Waals surface area (Å²) in [6, 6.07) is 12.3. The second-order valence-corrected chi connectivity index (χ2v) is 12.1. The second kappa shape index (κ2) is 14.2. The SMILES string of the molecule is Cc1ccc(F)c(CC(=O)Cc2ccc(Oc3ccnc4cc(C(=O)NCCCN5CCCC(CO)C5)sc34)cc2F)c1. The van der Waals surface area contributed by atoms with Crippen LogP contribution in [0.15, 0.2) is 54.7 Å². The third-order valence-electron chi connectivity index (χ3n) is 7.63. The van der Waals surface area contributed by atoms with E-state index in [-0.39, 0.29) is 42.5 Å². The van der Waals surface area contributed by atoms with Crippen molar-refractivity contribution in [2.75, 3.05) is 32.8 Å². The Morgan fingerprint density at radius 2 is 1.93 bits per heavy atom. The van der Waals surface area contributed by atoms with Crippen molar-refractivity contribution in [1.82, 2.24) is 15.2 Å². The summed E-state index contributed by atoms with van der Waals surface area (Å²) in [7, 11) is 0. The van der Waals surface area contributed by atoms with Crippen molar-refractivity contribution in [3.8, 4) is 11.5 Å². The van der Waals surface area contributed by atoms with Crippen LogP contribution in [-0.2, 0) is 17.6 Å². The second-order valence-electron chi connectivity index (χ2n) is 11.1. The first-order chi connectivity index (χ1) is 20.8. The van der Waals surface area contributed by atoms with Crippen LogP contribution >= 0.6 is 11.3 Å². The van der Waals surface area contributed by atoms with Gasteiger partial charge in [0.1, 0.15) is 28.9 Å². The molecule has 0 aliphatic carbocycles. The van der Waals surface area contributed by atoms with Crippen LogP contribution < -0.4 is 10.1 Å². The zero-order valence-corrected chi connectivity index (χ0v) is 24.9. The average molecular weight is 608 g/mol.